The molecule has 3 heterocycles. The fraction of sp³-hybridized carbons (Fsp3) is 0.364. The number of anilines is 2. The first-order valence-electron chi connectivity index (χ1n) is 10.6. The molecule has 8 nitrogen and oxygen atoms in total. The summed E-state index contributed by atoms with van der Waals surface area (Å²) in [7, 11) is 0. The molecular weight excluding hydrogens is 397 g/mol. The van der Waals surface area contributed by atoms with Crippen LogP contribution in [-0.4, -0.2) is 49.5 Å². The molecule has 5 atom stereocenters. The first kappa shape index (κ1) is 19.9. The lowest BCUT2D eigenvalue weighted by Gasteiger charge is -2.43. The highest BCUT2D eigenvalue weighted by atomic mass is 19.1. The molecule has 5 rings (SSSR count). The Kier molecular flexibility index (Phi) is 5.31. The summed E-state index contributed by atoms with van der Waals surface area (Å²) in [5.74, 6) is -0.877. The van der Waals surface area contributed by atoms with Crippen molar-refractivity contribution in [3.63, 3.8) is 0 Å². The van der Waals surface area contributed by atoms with Crippen LogP contribution in [0.25, 0.3) is 0 Å². The number of nitrogens with zero attached hydrogens (tertiary/aromatic N) is 2. The van der Waals surface area contributed by atoms with Crippen molar-refractivity contribution in [2.75, 3.05) is 16.9 Å². The molecule has 4 unspecified atom stereocenters. The number of aliphatic imine (C=N–C) groups is 1. The summed E-state index contributed by atoms with van der Waals surface area (Å²) < 4.78 is 14.6. The largest absolute Gasteiger partial charge is 0.363 e. The van der Waals surface area contributed by atoms with E-state index in [4.69, 9.17) is 0 Å². The van der Waals surface area contributed by atoms with E-state index < -0.39 is 12.0 Å². The van der Waals surface area contributed by atoms with Crippen molar-refractivity contribution in [1.29, 1.82) is 0 Å². The SMILES string of the molecule is CC[C@H](NC1N=CNC2NCNC12)C1Nc2cccc(F)c2C(=O)N1c1ccccc1. The molecule has 2 aromatic carbocycles. The molecule has 0 spiro atoms. The Morgan fingerprint density at radius 3 is 2.84 bits per heavy atom. The quantitative estimate of drug-likeness (QED) is 0.499. The van der Waals surface area contributed by atoms with Gasteiger partial charge in [0.2, 0.25) is 0 Å². The first-order chi connectivity index (χ1) is 15.2. The van der Waals surface area contributed by atoms with Crippen LogP contribution < -0.4 is 31.5 Å². The number of hydrogen-bond acceptors (Lipinski definition) is 7. The average molecular weight is 423 g/mol. The van der Waals surface area contributed by atoms with E-state index in [-0.39, 0.29) is 35.9 Å². The molecule has 31 heavy (non-hydrogen) atoms. The van der Waals surface area contributed by atoms with Crippen molar-refractivity contribution in [2.24, 2.45) is 4.99 Å². The van der Waals surface area contributed by atoms with Gasteiger partial charge in [0, 0.05) is 18.4 Å². The van der Waals surface area contributed by atoms with Crippen LogP contribution in [0.3, 0.4) is 0 Å². The Balaban J connectivity index is 1.50. The summed E-state index contributed by atoms with van der Waals surface area (Å²) in [5, 5.41) is 17.0. The highest BCUT2D eigenvalue weighted by Crippen LogP contribution is 2.33. The lowest BCUT2D eigenvalue weighted by atomic mass is 10.00. The average Bonchev–Trinajstić information content (AvgIpc) is 3.27. The maximum absolute atomic E-state index is 14.6. The number of fused-ring (bicyclic) bond motifs is 2. The predicted molar refractivity (Wildman–Crippen MR) is 118 cm³/mol. The zero-order chi connectivity index (χ0) is 21.4. The second-order valence-corrected chi connectivity index (χ2v) is 7.92. The van der Waals surface area contributed by atoms with Crippen molar-refractivity contribution < 1.29 is 9.18 Å². The Labute approximate surface area is 180 Å². The van der Waals surface area contributed by atoms with Crippen LogP contribution in [0.15, 0.2) is 53.5 Å². The first-order valence-corrected chi connectivity index (χ1v) is 10.6. The maximum atomic E-state index is 14.6. The second-order valence-electron chi connectivity index (χ2n) is 7.92. The van der Waals surface area contributed by atoms with Crippen molar-refractivity contribution in [3.05, 3.63) is 59.9 Å². The van der Waals surface area contributed by atoms with Gasteiger partial charge in [0.25, 0.3) is 5.91 Å². The number of carbonyl (C=O) groups is 1. The molecular formula is C22H26FN7O. The van der Waals surface area contributed by atoms with Crippen molar-refractivity contribution in [3.8, 4) is 0 Å². The van der Waals surface area contributed by atoms with Crippen LogP contribution in [0, 0.1) is 5.82 Å². The van der Waals surface area contributed by atoms with Gasteiger partial charge in [-0.15, -0.1) is 0 Å². The van der Waals surface area contributed by atoms with Crippen LogP contribution in [0.2, 0.25) is 0 Å². The summed E-state index contributed by atoms with van der Waals surface area (Å²) in [6.45, 7) is 2.76. The topological polar surface area (TPSA) is 92.8 Å². The van der Waals surface area contributed by atoms with E-state index in [1.807, 2.05) is 30.3 Å². The summed E-state index contributed by atoms with van der Waals surface area (Å²) in [6, 6.07) is 14.0. The predicted octanol–water partition coefficient (Wildman–Crippen LogP) is 1.39. The van der Waals surface area contributed by atoms with Gasteiger partial charge < -0.3 is 10.6 Å². The Morgan fingerprint density at radius 2 is 2.03 bits per heavy atom. The van der Waals surface area contributed by atoms with Gasteiger partial charge in [-0.05, 0) is 30.7 Å². The molecule has 0 aromatic heterocycles. The minimum absolute atomic E-state index is 0.0686. The molecule has 3 aliphatic heterocycles. The zero-order valence-electron chi connectivity index (χ0n) is 17.2. The number of nitrogens with one attached hydrogen (secondary N) is 5. The highest BCUT2D eigenvalue weighted by molar-refractivity contribution is 6.12. The van der Waals surface area contributed by atoms with Crippen LogP contribution in [-0.2, 0) is 0 Å². The molecule has 0 saturated carbocycles. The maximum Gasteiger partial charge on any atom is 0.265 e. The van der Waals surface area contributed by atoms with Gasteiger partial charge in [-0.1, -0.05) is 31.2 Å². The second kappa shape index (κ2) is 8.26. The Hall–Kier alpha value is -3.01. The van der Waals surface area contributed by atoms with Gasteiger partial charge in [0.1, 0.15) is 18.1 Å². The van der Waals surface area contributed by atoms with E-state index in [1.54, 1.807) is 23.4 Å². The summed E-state index contributed by atoms with van der Waals surface area (Å²) in [4.78, 5) is 19.7. The number of hydrogen-bond donors (Lipinski definition) is 5. The van der Waals surface area contributed by atoms with Gasteiger partial charge in [-0.25, -0.2) is 4.39 Å². The van der Waals surface area contributed by atoms with Crippen LogP contribution >= 0.6 is 0 Å². The lowest BCUT2D eigenvalue weighted by molar-refractivity contribution is 0.0962. The van der Waals surface area contributed by atoms with E-state index in [0.29, 0.717) is 18.0 Å². The molecule has 1 fully saturated rings. The highest BCUT2D eigenvalue weighted by Gasteiger charge is 2.42. The lowest BCUT2D eigenvalue weighted by Crippen LogP contribution is -2.65. The van der Waals surface area contributed by atoms with E-state index in [0.717, 1.165) is 6.42 Å². The summed E-state index contributed by atoms with van der Waals surface area (Å²) >= 11 is 0. The zero-order valence-corrected chi connectivity index (χ0v) is 17.2. The van der Waals surface area contributed by atoms with E-state index >= 15 is 0 Å². The summed E-state index contributed by atoms with van der Waals surface area (Å²) in [5.41, 5.74) is 1.29. The molecule has 1 saturated heterocycles. The Morgan fingerprint density at radius 1 is 1.19 bits per heavy atom. The third-order valence-electron chi connectivity index (χ3n) is 6.12. The van der Waals surface area contributed by atoms with Gasteiger partial charge in [0.15, 0.2) is 0 Å². The number of halogens is 1. The van der Waals surface area contributed by atoms with Crippen LogP contribution in [0.5, 0.6) is 0 Å². The van der Waals surface area contributed by atoms with Gasteiger partial charge in [-0.2, -0.15) is 0 Å². The van der Waals surface area contributed by atoms with Gasteiger partial charge in [0.05, 0.1) is 29.8 Å². The number of benzene rings is 2. The molecule has 1 amide bonds. The van der Waals surface area contributed by atoms with Gasteiger partial charge >= 0.3 is 0 Å². The summed E-state index contributed by atoms with van der Waals surface area (Å²) in [6.07, 6.45) is 1.96. The third kappa shape index (κ3) is 3.54. The molecule has 0 bridgehead atoms. The van der Waals surface area contributed by atoms with Crippen LogP contribution in [0.1, 0.15) is 23.7 Å². The minimum Gasteiger partial charge on any atom is -0.363 e. The van der Waals surface area contributed by atoms with E-state index in [2.05, 4.69) is 38.5 Å². The smallest absolute Gasteiger partial charge is 0.265 e. The fourth-order valence-corrected chi connectivity index (χ4v) is 4.56. The van der Waals surface area contributed by atoms with Crippen molar-refractivity contribution in [2.45, 2.75) is 43.9 Å². The molecule has 2 aromatic rings. The van der Waals surface area contributed by atoms with Crippen molar-refractivity contribution >= 4 is 23.6 Å². The standard InChI is InChI=1S/C22H26FN7O/c1-2-15(28-20-18-19(25-11-24-18)26-12-27-20)21-29-16-10-6-9-14(23)17(16)22(31)30(21)13-7-4-3-5-8-13/h3-10,12,15,18-21,24-25,28-29H,2,11H2,1H3,(H,26,27)/t15-,18?,19?,20?,21?/m0/s1. The monoisotopic (exact) mass is 423 g/mol. The Bertz CT molecular complexity index is 985. The number of rotatable bonds is 5. The van der Waals surface area contributed by atoms with E-state index in [1.165, 1.54) is 6.07 Å². The molecule has 9 heteroatoms. The molecule has 162 valence electrons. The van der Waals surface area contributed by atoms with Gasteiger partial charge in [-0.3, -0.25) is 30.6 Å². The molecule has 5 N–H and O–H groups in total. The molecule has 3 aliphatic rings. The molecule has 0 radical (unpaired) electrons. The third-order valence-corrected chi connectivity index (χ3v) is 6.12. The van der Waals surface area contributed by atoms with Crippen molar-refractivity contribution in [1.82, 2.24) is 21.3 Å². The number of para-hydroxylation sites is 1. The normalized spacial score (nSPS) is 27.8. The minimum atomic E-state index is -0.526. The fourth-order valence-electron chi connectivity index (χ4n) is 4.56. The number of carbonyl (C=O) groups excluding carboxylic acids is 1. The van der Waals surface area contributed by atoms with E-state index in [9.17, 15) is 9.18 Å². The number of amides is 1. The molecule has 0 aliphatic carbocycles. The van der Waals surface area contributed by atoms with Crippen LogP contribution in [0.4, 0.5) is 15.8 Å².